The lowest BCUT2D eigenvalue weighted by molar-refractivity contribution is -0.121. The summed E-state index contributed by atoms with van der Waals surface area (Å²) in [5.41, 5.74) is 5.43. The van der Waals surface area contributed by atoms with E-state index in [9.17, 15) is 9.59 Å². The van der Waals surface area contributed by atoms with Gasteiger partial charge in [-0.3, -0.25) is 14.9 Å². The fraction of sp³-hybridized carbons (Fsp3) is 0.294. The summed E-state index contributed by atoms with van der Waals surface area (Å²) in [6, 6.07) is 5.86. The van der Waals surface area contributed by atoms with Crippen LogP contribution < -0.4 is 15.5 Å². The van der Waals surface area contributed by atoms with Gasteiger partial charge in [0.05, 0.1) is 12.8 Å². The van der Waals surface area contributed by atoms with E-state index < -0.39 is 0 Å². The third-order valence-electron chi connectivity index (χ3n) is 3.85. The molecule has 2 aromatic rings. The normalized spacial score (nSPS) is 13.9. The molecule has 1 aromatic heterocycles. The first-order valence-electron chi connectivity index (χ1n) is 7.77. The molecule has 3 rings (SSSR count). The Morgan fingerprint density at radius 2 is 2.12 bits per heavy atom. The average molecular weight is 358 g/mol. The standard InChI is InChI=1S/C17H18N4O3S/c1-9-8-11(4-6-13(9)24-3)15-10(2)25-17(18-15)19-16(23)12-5-7-14(22)21-20-12/h4,6,8H,5,7H2,1-3H3,(H,21,22)(H,18,19,23). The number of hydrazone groups is 1. The molecule has 2 heterocycles. The molecule has 0 saturated heterocycles. The Hall–Kier alpha value is -2.74. The molecule has 2 amide bonds. The number of rotatable bonds is 4. The van der Waals surface area contributed by atoms with Crippen LogP contribution in [0.2, 0.25) is 0 Å². The molecule has 0 unspecified atom stereocenters. The minimum Gasteiger partial charge on any atom is -0.496 e. The van der Waals surface area contributed by atoms with Crippen molar-refractivity contribution in [2.24, 2.45) is 5.10 Å². The SMILES string of the molecule is COc1ccc(-c2nc(NC(=O)C3=NNC(=O)CC3)sc2C)cc1C. The molecule has 130 valence electrons. The van der Waals surface area contributed by atoms with E-state index >= 15 is 0 Å². The van der Waals surface area contributed by atoms with E-state index in [4.69, 9.17) is 4.74 Å². The second-order valence-corrected chi connectivity index (χ2v) is 6.86. The Kier molecular flexibility index (Phi) is 4.80. The Bertz CT molecular complexity index is 873. The van der Waals surface area contributed by atoms with Crippen LogP contribution in [0.25, 0.3) is 11.3 Å². The van der Waals surface area contributed by atoms with Crippen LogP contribution in [0.1, 0.15) is 23.3 Å². The van der Waals surface area contributed by atoms with Crippen LogP contribution in [0.5, 0.6) is 5.75 Å². The predicted molar refractivity (Wildman–Crippen MR) is 97.0 cm³/mol. The highest BCUT2D eigenvalue weighted by Crippen LogP contribution is 2.32. The number of ether oxygens (including phenoxy) is 1. The van der Waals surface area contributed by atoms with Crippen LogP contribution >= 0.6 is 11.3 Å². The zero-order valence-electron chi connectivity index (χ0n) is 14.2. The molecule has 25 heavy (non-hydrogen) atoms. The van der Waals surface area contributed by atoms with Gasteiger partial charge in [0, 0.05) is 23.3 Å². The molecule has 1 aromatic carbocycles. The minimum atomic E-state index is -0.341. The van der Waals surface area contributed by atoms with Crippen LogP contribution in [0.15, 0.2) is 23.3 Å². The lowest BCUT2D eigenvalue weighted by Gasteiger charge is -2.10. The molecule has 0 saturated carbocycles. The van der Waals surface area contributed by atoms with Crippen molar-refractivity contribution in [1.29, 1.82) is 0 Å². The maximum Gasteiger partial charge on any atom is 0.273 e. The number of methoxy groups -OCH3 is 1. The van der Waals surface area contributed by atoms with E-state index in [0.717, 1.165) is 27.4 Å². The molecule has 7 nitrogen and oxygen atoms in total. The molecular formula is C17H18N4O3S. The van der Waals surface area contributed by atoms with Crippen molar-refractivity contribution in [2.45, 2.75) is 26.7 Å². The first-order valence-corrected chi connectivity index (χ1v) is 8.58. The van der Waals surface area contributed by atoms with E-state index in [1.54, 1.807) is 7.11 Å². The van der Waals surface area contributed by atoms with Gasteiger partial charge in [-0.2, -0.15) is 5.10 Å². The van der Waals surface area contributed by atoms with Gasteiger partial charge in [-0.15, -0.1) is 11.3 Å². The number of amides is 2. The smallest absolute Gasteiger partial charge is 0.273 e. The van der Waals surface area contributed by atoms with Crippen molar-refractivity contribution in [3.05, 3.63) is 28.6 Å². The number of carbonyl (C=O) groups is 2. The van der Waals surface area contributed by atoms with Crippen molar-refractivity contribution in [3.63, 3.8) is 0 Å². The summed E-state index contributed by atoms with van der Waals surface area (Å²) in [6.07, 6.45) is 0.589. The van der Waals surface area contributed by atoms with Crippen molar-refractivity contribution in [2.75, 3.05) is 12.4 Å². The van der Waals surface area contributed by atoms with Crippen LogP contribution in [-0.2, 0) is 9.59 Å². The van der Waals surface area contributed by atoms with Gasteiger partial charge in [-0.05, 0) is 37.6 Å². The van der Waals surface area contributed by atoms with E-state index in [1.807, 2.05) is 32.0 Å². The molecule has 0 bridgehead atoms. The van der Waals surface area contributed by atoms with Gasteiger partial charge in [-0.25, -0.2) is 10.4 Å². The number of thiazole rings is 1. The Morgan fingerprint density at radius 1 is 1.32 bits per heavy atom. The molecular weight excluding hydrogens is 340 g/mol. The fourth-order valence-electron chi connectivity index (χ4n) is 2.55. The summed E-state index contributed by atoms with van der Waals surface area (Å²) in [6.45, 7) is 3.93. The summed E-state index contributed by atoms with van der Waals surface area (Å²) in [4.78, 5) is 28.9. The number of benzene rings is 1. The number of nitrogens with one attached hydrogen (secondary N) is 2. The third kappa shape index (κ3) is 3.69. The van der Waals surface area contributed by atoms with Crippen molar-refractivity contribution in [3.8, 4) is 17.0 Å². The summed E-state index contributed by atoms with van der Waals surface area (Å²) >= 11 is 1.40. The summed E-state index contributed by atoms with van der Waals surface area (Å²) < 4.78 is 5.28. The first kappa shape index (κ1) is 17.1. The van der Waals surface area contributed by atoms with Crippen molar-refractivity contribution in [1.82, 2.24) is 10.4 Å². The highest BCUT2D eigenvalue weighted by atomic mass is 32.1. The quantitative estimate of drug-likeness (QED) is 0.879. The average Bonchev–Trinajstić information content (AvgIpc) is 2.95. The maximum atomic E-state index is 12.2. The summed E-state index contributed by atoms with van der Waals surface area (Å²) in [7, 11) is 1.64. The molecule has 0 radical (unpaired) electrons. The monoisotopic (exact) mass is 358 g/mol. The van der Waals surface area contributed by atoms with Gasteiger partial charge in [0.15, 0.2) is 5.13 Å². The number of aromatic nitrogens is 1. The molecule has 0 spiro atoms. The van der Waals surface area contributed by atoms with Crippen LogP contribution in [0.4, 0.5) is 5.13 Å². The van der Waals surface area contributed by atoms with Crippen LogP contribution in [0, 0.1) is 13.8 Å². The largest absolute Gasteiger partial charge is 0.496 e. The zero-order valence-corrected chi connectivity index (χ0v) is 15.0. The van der Waals surface area contributed by atoms with Crippen molar-refractivity contribution < 1.29 is 14.3 Å². The van der Waals surface area contributed by atoms with Crippen LogP contribution in [0.3, 0.4) is 0 Å². The van der Waals surface area contributed by atoms with E-state index in [-0.39, 0.29) is 18.2 Å². The van der Waals surface area contributed by atoms with Gasteiger partial charge >= 0.3 is 0 Å². The summed E-state index contributed by atoms with van der Waals surface area (Å²) in [5, 5.41) is 7.05. The Labute approximate surface area is 149 Å². The number of hydrogen-bond acceptors (Lipinski definition) is 6. The topological polar surface area (TPSA) is 92.7 Å². The van der Waals surface area contributed by atoms with E-state index in [2.05, 4.69) is 20.8 Å². The molecule has 0 fully saturated rings. The Balaban J connectivity index is 1.79. The number of anilines is 1. The Morgan fingerprint density at radius 3 is 2.76 bits per heavy atom. The second kappa shape index (κ2) is 7.02. The van der Waals surface area contributed by atoms with Gasteiger partial charge in [0.2, 0.25) is 5.91 Å². The van der Waals surface area contributed by atoms with Gasteiger partial charge in [0.25, 0.3) is 5.91 Å². The van der Waals surface area contributed by atoms with Gasteiger partial charge in [0.1, 0.15) is 11.5 Å². The zero-order chi connectivity index (χ0) is 18.0. The van der Waals surface area contributed by atoms with Gasteiger partial charge in [-0.1, -0.05) is 0 Å². The summed E-state index contributed by atoms with van der Waals surface area (Å²) in [5.74, 6) is 0.299. The highest BCUT2D eigenvalue weighted by Gasteiger charge is 2.20. The number of nitrogens with zero attached hydrogens (tertiary/aromatic N) is 2. The molecule has 2 N–H and O–H groups in total. The number of aryl methyl sites for hydroxylation is 2. The molecule has 0 atom stereocenters. The highest BCUT2D eigenvalue weighted by molar-refractivity contribution is 7.16. The van der Waals surface area contributed by atoms with Crippen LogP contribution in [-0.4, -0.2) is 29.6 Å². The number of hydrogen-bond donors (Lipinski definition) is 2. The lowest BCUT2D eigenvalue weighted by atomic mass is 10.1. The maximum absolute atomic E-state index is 12.2. The number of carbonyl (C=O) groups excluding carboxylic acids is 2. The minimum absolute atomic E-state index is 0.182. The fourth-order valence-corrected chi connectivity index (χ4v) is 3.38. The van der Waals surface area contributed by atoms with E-state index in [0.29, 0.717) is 17.3 Å². The predicted octanol–water partition coefficient (Wildman–Crippen LogP) is 2.64. The van der Waals surface area contributed by atoms with E-state index in [1.165, 1.54) is 11.3 Å². The molecule has 1 aliphatic rings. The molecule has 8 heteroatoms. The van der Waals surface area contributed by atoms with Crippen molar-refractivity contribution >= 4 is 34.0 Å². The van der Waals surface area contributed by atoms with Gasteiger partial charge < -0.3 is 4.74 Å². The second-order valence-electron chi connectivity index (χ2n) is 5.66. The first-order chi connectivity index (χ1) is 12.0. The third-order valence-corrected chi connectivity index (χ3v) is 4.74. The molecule has 1 aliphatic heterocycles. The molecule has 0 aliphatic carbocycles. The lowest BCUT2D eigenvalue weighted by Crippen LogP contribution is -2.32.